The molecule has 0 radical (unpaired) electrons. The highest BCUT2D eigenvalue weighted by Crippen LogP contribution is 2.14. The maximum Gasteiger partial charge on any atom is 0.137 e. The number of halogens is 1. The number of rotatable bonds is 7. The fourth-order valence-corrected chi connectivity index (χ4v) is 1.71. The highest BCUT2D eigenvalue weighted by molar-refractivity contribution is 6.31. The molecule has 0 bridgehead atoms. The van der Waals surface area contributed by atoms with Gasteiger partial charge in [-0.2, -0.15) is 0 Å². The normalized spacial score (nSPS) is 10.8. The monoisotopic (exact) mass is 254 g/mol. The van der Waals surface area contributed by atoms with Crippen LogP contribution in [-0.2, 0) is 11.2 Å². The molecule has 0 aliphatic heterocycles. The first-order valence-corrected chi connectivity index (χ1v) is 6.31. The summed E-state index contributed by atoms with van der Waals surface area (Å²) in [5, 5.41) is 3.86. The minimum atomic E-state index is 0.226. The summed E-state index contributed by atoms with van der Waals surface area (Å²) in [4.78, 5) is 15.6. The van der Waals surface area contributed by atoms with Crippen molar-refractivity contribution in [3.8, 4) is 0 Å². The fraction of sp³-hybridized carbons (Fsp3) is 0.538. The average molecular weight is 255 g/mol. The fourth-order valence-electron chi connectivity index (χ4n) is 1.52. The predicted octanol–water partition coefficient (Wildman–Crippen LogP) is 2.62. The second kappa shape index (κ2) is 7.41. The molecule has 4 heteroatoms. The minimum absolute atomic E-state index is 0.226. The van der Waals surface area contributed by atoms with Crippen LogP contribution in [0.1, 0.15) is 32.3 Å². The molecular weight excluding hydrogens is 236 g/mol. The van der Waals surface area contributed by atoms with Crippen LogP contribution in [0.3, 0.4) is 0 Å². The van der Waals surface area contributed by atoms with Gasteiger partial charge in [-0.25, -0.2) is 0 Å². The van der Waals surface area contributed by atoms with Crippen LogP contribution in [0, 0.1) is 0 Å². The highest BCUT2D eigenvalue weighted by Gasteiger charge is 2.06. The summed E-state index contributed by atoms with van der Waals surface area (Å²) in [5.41, 5.74) is 0.864. The van der Waals surface area contributed by atoms with Crippen LogP contribution in [0.25, 0.3) is 0 Å². The van der Waals surface area contributed by atoms with E-state index in [9.17, 15) is 4.79 Å². The van der Waals surface area contributed by atoms with E-state index in [1.165, 1.54) is 0 Å². The van der Waals surface area contributed by atoms with Crippen molar-refractivity contribution >= 4 is 17.4 Å². The zero-order valence-electron chi connectivity index (χ0n) is 10.4. The standard InChI is InChI=1S/C13H19ClN2O/c1-10(2)16-6-3-4-12(17)8-11-5-7-15-9-13(11)14/h5,7,9-10,16H,3-4,6,8H2,1-2H3. The zero-order valence-corrected chi connectivity index (χ0v) is 11.1. The molecule has 0 aliphatic carbocycles. The van der Waals surface area contributed by atoms with Gasteiger partial charge in [0.25, 0.3) is 0 Å². The number of aromatic nitrogens is 1. The number of nitrogens with one attached hydrogen (secondary N) is 1. The summed E-state index contributed by atoms with van der Waals surface area (Å²) < 4.78 is 0. The van der Waals surface area contributed by atoms with E-state index >= 15 is 0 Å². The van der Waals surface area contributed by atoms with Gasteiger partial charge in [0, 0.05) is 31.3 Å². The van der Waals surface area contributed by atoms with Crippen molar-refractivity contribution < 1.29 is 4.79 Å². The smallest absolute Gasteiger partial charge is 0.137 e. The van der Waals surface area contributed by atoms with Crippen LogP contribution in [0.5, 0.6) is 0 Å². The van der Waals surface area contributed by atoms with Crippen LogP contribution in [0.4, 0.5) is 0 Å². The van der Waals surface area contributed by atoms with Crippen molar-refractivity contribution in [1.29, 1.82) is 0 Å². The lowest BCUT2D eigenvalue weighted by Crippen LogP contribution is -2.24. The van der Waals surface area contributed by atoms with E-state index in [-0.39, 0.29) is 5.78 Å². The quantitative estimate of drug-likeness (QED) is 0.761. The molecule has 0 unspecified atom stereocenters. The molecular formula is C13H19ClN2O. The number of hydrogen-bond acceptors (Lipinski definition) is 3. The molecule has 1 heterocycles. The molecule has 0 atom stereocenters. The molecule has 1 aromatic rings. The Kier molecular flexibility index (Phi) is 6.16. The van der Waals surface area contributed by atoms with Gasteiger partial charge in [0.2, 0.25) is 0 Å². The topological polar surface area (TPSA) is 42.0 Å². The molecule has 17 heavy (non-hydrogen) atoms. The van der Waals surface area contributed by atoms with Crippen LogP contribution in [0.15, 0.2) is 18.5 Å². The summed E-state index contributed by atoms with van der Waals surface area (Å²) in [6.45, 7) is 5.07. The van der Waals surface area contributed by atoms with Gasteiger partial charge in [0.1, 0.15) is 5.78 Å². The third-order valence-corrected chi connectivity index (χ3v) is 2.77. The summed E-state index contributed by atoms with van der Waals surface area (Å²) in [6, 6.07) is 2.27. The number of ketones is 1. The second-order valence-electron chi connectivity index (χ2n) is 4.39. The van der Waals surface area contributed by atoms with Gasteiger partial charge < -0.3 is 5.32 Å². The SMILES string of the molecule is CC(C)NCCCC(=O)Cc1ccncc1Cl. The van der Waals surface area contributed by atoms with Gasteiger partial charge in [-0.15, -0.1) is 0 Å². The highest BCUT2D eigenvalue weighted by atomic mass is 35.5. The number of pyridine rings is 1. The predicted molar refractivity (Wildman–Crippen MR) is 70.3 cm³/mol. The number of Topliss-reactive ketones (excluding diaryl/α,β-unsaturated/α-hetero) is 1. The Bertz CT molecular complexity index is 366. The lowest BCUT2D eigenvalue weighted by Gasteiger charge is -2.07. The van der Waals surface area contributed by atoms with Gasteiger partial charge >= 0.3 is 0 Å². The summed E-state index contributed by atoms with van der Waals surface area (Å²) >= 11 is 5.94. The Labute approximate surface area is 108 Å². The molecule has 0 aromatic carbocycles. The van der Waals surface area contributed by atoms with E-state index in [1.54, 1.807) is 18.5 Å². The molecule has 0 spiro atoms. The van der Waals surface area contributed by atoms with Gasteiger partial charge in [0.05, 0.1) is 5.02 Å². The molecule has 1 N–H and O–H groups in total. The van der Waals surface area contributed by atoms with Crippen molar-refractivity contribution in [2.75, 3.05) is 6.54 Å². The van der Waals surface area contributed by atoms with Crippen molar-refractivity contribution in [3.63, 3.8) is 0 Å². The first-order chi connectivity index (χ1) is 8.09. The van der Waals surface area contributed by atoms with Gasteiger partial charge in [-0.05, 0) is 24.6 Å². The molecule has 0 amide bonds. The number of hydrogen-bond donors (Lipinski definition) is 1. The van der Waals surface area contributed by atoms with E-state index in [0.29, 0.717) is 23.9 Å². The Balaban J connectivity index is 2.28. The van der Waals surface area contributed by atoms with Gasteiger partial charge in [-0.3, -0.25) is 9.78 Å². The first-order valence-electron chi connectivity index (χ1n) is 5.93. The maximum absolute atomic E-state index is 11.7. The minimum Gasteiger partial charge on any atom is -0.315 e. The van der Waals surface area contributed by atoms with Crippen molar-refractivity contribution in [2.45, 2.75) is 39.2 Å². The van der Waals surface area contributed by atoms with Crippen LogP contribution < -0.4 is 5.32 Å². The summed E-state index contributed by atoms with van der Waals surface area (Å²) in [7, 11) is 0. The largest absolute Gasteiger partial charge is 0.315 e. The van der Waals surface area contributed by atoms with E-state index < -0.39 is 0 Å². The summed E-state index contributed by atoms with van der Waals surface area (Å²) in [5.74, 6) is 0.226. The third-order valence-electron chi connectivity index (χ3n) is 2.43. The second-order valence-corrected chi connectivity index (χ2v) is 4.80. The lowest BCUT2D eigenvalue weighted by molar-refractivity contribution is -0.118. The van der Waals surface area contributed by atoms with Gasteiger partial charge in [0.15, 0.2) is 0 Å². The van der Waals surface area contributed by atoms with E-state index in [2.05, 4.69) is 24.1 Å². The number of nitrogens with zero attached hydrogens (tertiary/aromatic N) is 1. The molecule has 0 saturated heterocycles. The summed E-state index contributed by atoms with van der Waals surface area (Å²) in [6.07, 6.45) is 5.11. The van der Waals surface area contributed by atoms with Crippen LogP contribution in [0.2, 0.25) is 5.02 Å². The number of carbonyl (C=O) groups excluding carboxylic acids is 1. The lowest BCUT2D eigenvalue weighted by atomic mass is 10.1. The average Bonchev–Trinajstić information content (AvgIpc) is 2.27. The van der Waals surface area contributed by atoms with Gasteiger partial charge in [-0.1, -0.05) is 25.4 Å². The first kappa shape index (κ1) is 14.1. The Hall–Kier alpha value is -0.930. The molecule has 3 nitrogen and oxygen atoms in total. The van der Waals surface area contributed by atoms with E-state index in [1.807, 2.05) is 0 Å². The Morgan fingerprint density at radius 3 is 2.94 bits per heavy atom. The van der Waals surface area contributed by atoms with Crippen LogP contribution >= 0.6 is 11.6 Å². The van der Waals surface area contributed by atoms with E-state index in [0.717, 1.165) is 18.5 Å². The Morgan fingerprint density at radius 2 is 2.29 bits per heavy atom. The maximum atomic E-state index is 11.7. The molecule has 0 saturated carbocycles. The molecule has 0 fully saturated rings. The molecule has 94 valence electrons. The van der Waals surface area contributed by atoms with Crippen molar-refractivity contribution in [3.05, 3.63) is 29.0 Å². The number of carbonyl (C=O) groups is 1. The van der Waals surface area contributed by atoms with Crippen LogP contribution in [-0.4, -0.2) is 23.4 Å². The third kappa shape index (κ3) is 5.80. The van der Waals surface area contributed by atoms with Crippen molar-refractivity contribution in [1.82, 2.24) is 10.3 Å². The molecule has 1 aromatic heterocycles. The molecule has 0 aliphatic rings. The zero-order chi connectivity index (χ0) is 12.7. The van der Waals surface area contributed by atoms with E-state index in [4.69, 9.17) is 11.6 Å². The Morgan fingerprint density at radius 1 is 1.53 bits per heavy atom. The van der Waals surface area contributed by atoms with Crippen molar-refractivity contribution in [2.24, 2.45) is 0 Å². The molecule has 1 rings (SSSR count).